The Hall–Kier alpha value is -3.12. The minimum Gasteiger partial charge on any atom is -0.487 e. The molecule has 2 heterocycles. The van der Waals surface area contributed by atoms with E-state index < -0.39 is 0 Å². The lowest BCUT2D eigenvalue weighted by Gasteiger charge is -2.08. The third-order valence-electron chi connectivity index (χ3n) is 4.00. The summed E-state index contributed by atoms with van der Waals surface area (Å²) < 4.78 is 8.72. The number of pyridine rings is 1. The van der Waals surface area contributed by atoms with E-state index in [4.69, 9.17) is 4.74 Å². The van der Waals surface area contributed by atoms with Crippen molar-refractivity contribution < 1.29 is 9.53 Å². The molecule has 0 unspecified atom stereocenters. The molecule has 5 nitrogen and oxygen atoms in total. The molecule has 2 aromatic carbocycles. The summed E-state index contributed by atoms with van der Waals surface area (Å²) in [6.07, 6.45) is 3.89. The third kappa shape index (κ3) is 4.17. The monoisotopic (exact) mass is 421 g/mol. The van der Waals surface area contributed by atoms with Crippen LogP contribution in [0.3, 0.4) is 0 Å². The molecule has 0 saturated carbocycles. The number of rotatable bonds is 5. The summed E-state index contributed by atoms with van der Waals surface area (Å²) in [6, 6.07) is 20.4. The fourth-order valence-electron chi connectivity index (χ4n) is 2.68. The molecule has 4 rings (SSSR count). The number of carbonyl (C=O) groups is 1. The Labute approximate surface area is 164 Å². The maximum Gasteiger partial charge on any atom is 0.255 e. The van der Waals surface area contributed by atoms with E-state index in [1.54, 1.807) is 18.2 Å². The van der Waals surface area contributed by atoms with E-state index >= 15 is 0 Å². The SMILES string of the molecule is O=C(Nc1cccc(OCc2cn3ccccc3n2)c1)c1ccc(Br)cc1. The molecule has 0 radical (unpaired) electrons. The summed E-state index contributed by atoms with van der Waals surface area (Å²) in [5.41, 5.74) is 2.99. The second-order valence-corrected chi connectivity index (χ2v) is 6.89. The quantitative estimate of drug-likeness (QED) is 0.496. The lowest BCUT2D eigenvalue weighted by molar-refractivity contribution is 0.102. The Bertz CT molecular complexity index is 1060. The minimum atomic E-state index is -0.167. The summed E-state index contributed by atoms with van der Waals surface area (Å²) >= 11 is 3.36. The molecule has 0 aliphatic rings. The van der Waals surface area contributed by atoms with Gasteiger partial charge in [-0.3, -0.25) is 4.79 Å². The van der Waals surface area contributed by atoms with E-state index in [-0.39, 0.29) is 5.91 Å². The number of aromatic nitrogens is 2. The number of fused-ring (bicyclic) bond motifs is 1. The van der Waals surface area contributed by atoms with Crippen LogP contribution >= 0.6 is 15.9 Å². The summed E-state index contributed by atoms with van der Waals surface area (Å²) in [6.45, 7) is 0.353. The van der Waals surface area contributed by atoms with Gasteiger partial charge in [-0.05, 0) is 48.5 Å². The van der Waals surface area contributed by atoms with E-state index in [2.05, 4.69) is 26.2 Å². The molecule has 0 aliphatic carbocycles. The number of benzene rings is 2. The topological polar surface area (TPSA) is 55.6 Å². The Morgan fingerprint density at radius 3 is 2.74 bits per heavy atom. The molecular weight excluding hydrogens is 406 g/mol. The lowest BCUT2D eigenvalue weighted by atomic mass is 10.2. The van der Waals surface area contributed by atoms with Crippen molar-refractivity contribution >= 4 is 33.2 Å². The first kappa shape index (κ1) is 17.3. The van der Waals surface area contributed by atoms with Gasteiger partial charge in [0.15, 0.2) is 0 Å². The van der Waals surface area contributed by atoms with Crippen molar-refractivity contribution in [3.63, 3.8) is 0 Å². The number of carbonyl (C=O) groups excluding carboxylic acids is 1. The minimum absolute atomic E-state index is 0.167. The summed E-state index contributed by atoms with van der Waals surface area (Å²) in [7, 11) is 0. The molecule has 1 amide bonds. The van der Waals surface area contributed by atoms with Crippen molar-refractivity contribution in [1.82, 2.24) is 9.38 Å². The Morgan fingerprint density at radius 2 is 1.93 bits per heavy atom. The van der Waals surface area contributed by atoms with E-state index in [1.165, 1.54) is 0 Å². The van der Waals surface area contributed by atoms with Crippen molar-refractivity contribution in [3.05, 3.63) is 94.9 Å². The normalized spacial score (nSPS) is 10.7. The molecule has 1 N–H and O–H groups in total. The first-order chi connectivity index (χ1) is 13.2. The van der Waals surface area contributed by atoms with Crippen LogP contribution in [-0.4, -0.2) is 15.3 Å². The molecular formula is C21H16BrN3O2. The van der Waals surface area contributed by atoms with Crippen LogP contribution in [-0.2, 0) is 6.61 Å². The molecule has 0 spiro atoms. The van der Waals surface area contributed by atoms with Gasteiger partial charge in [0.1, 0.15) is 18.0 Å². The number of imidazole rings is 1. The van der Waals surface area contributed by atoms with Crippen LogP contribution in [0.5, 0.6) is 5.75 Å². The van der Waals surface area contributed by atoms with Gasteiger partial charge in [-0.2, -0.15) is 0 Å². The molecule has 0 bridgehead atoms. The highest BCUT2D eigenvalue weighted by Crippen LogP contribution is 2.20. The number of ether oxygens (including phenoxy) is 1. The summed E-state index contributed by atoms with van der Waals surface area (Å²) in [5, 5.41) is 2.88. The van der Waals surface area contributed by atoms with Gasteiger partial charge < -0.3 is 14.5 Å². The van der Waals surface area contributed by atoms with Crippen molar-refractivity contribution in [1.29, 1.82) is 0 Å². The first-order valence-corrected chi connectivity index (χ1v) is 9.19. The predicted molar refractivity (Wildman–Crippen MR) is 108 cm³/mol. The number of hydrogen-bond donors (Lipinski definition) is 1. The molecule has 27 heavy (non-hydrogen) atoms. The largest absolute Gasteiger partial charge is 0.487 e. The van der Waals surface area contributed by atoms with Crippen molar-refractivity contribution in [2.45, 2.75) is 6.61 Å². The van der Waals surface area contributed by atoms with Crippen molar-refractivity contribution in [2.75, 3.05) is 5.32 Å². The van der Waals surface area contributed by atoms with E-state index in [1.807, 2.05) is 65.3 Å². The molecule has 6 heteroatoms. The predicted octanol–water partition coefficient (Wildman–Crippen LogP) is 4.93. The fraction of sp³-hybridized carbons (Fsp3) is 0.0476. The number of nitrogens with zero attached hydrogens (tertiary/aromatic N) is 2. The van der Waals surface area contributed by atoms with Gasteiger partial charge in [0, 0.05) is 34.2 Å². The Kier molecular flexibility index (Phi) is 4.89. The second kappa shape index (κ2) is 7.63. The van der Waals surface area contributed by atoms with Crippen molar-refractivity contribution in [3.8, 4) is 5.75 Å². The van der Waals surface area contributed by atoms with Gasteiger partial charge in [0.2, 0.25) is 0 Å². The van der Waals surface area contributed by atoms with Crippen LogP contribution in [0.4, 0.5) is 5.69 Å². The highest BCUT2D eigenvalue weighted by Gasteiger charge is 2.07. The molecule has 134 valence electrons. The van der Waals surface area contributed by atoms with E-state index in [0.29, 0.717) is 23.6 Å². The number of hydrogen-bond acceptors (Lipinski definition) is 3. The van der Waals surface area contributed by atoms with Crippen LogP contribution in [0.25, 0.3) is 5.65 Å². The number of anilines is 1. The lowest BCUT2D eigenvalue weighted by Crippen LogP contribution is -2.11. The zero-order valence-electron chi connectivity index (χ0n) is 14.3. The average Bonchev–Trinajstić information content (AvgIpc) is 3.10. The van der Waals surface area contributed by atoms with E-state index in [0.717, 1.165) is 15.8 Å². The highest BCUT2D eigenvalue weighted by atomic mass is 79.9. The van der Waals surface area contributed by atoms with Crippen LogP contribution in [0.2, 0.25) is 0 Å². The Morgan fingerprint density at radius 1 is 1.07 bits per heavy atom. The average molecular weight is 422 g/mol. The number of halogens is 1. The van der Waals surface area contributed by atoms with Crippen LogP contribution < -0.4 is 10.1 Å². The molecule has 0 aliphatic heterocycles. The maximum absolute atomic E-state index is 12.3. The van der Waals surface area contributed by atoms with E-state index in [9.17, 15) is 4.79 Å². The third-order valence-corrected chi connectivity index (χ3v) is 4.53. The van der Waals surface area contributed by atoms with Gasteiger partial charge in [-0.1, -0.05) is 28.1 Å². The van der Waals surface area contributed by atoms with Crippen LogP contribution in [0.15, 0.2) is 83.6 Å². The summed E-state index contributed by atoms with van der Waals surface area (Å²) in [5.74, 6) is 0.501. The molecule has 2 aromatic heterocycles. The number of nitrogens with one attached hydrogen (secondary N) is 1. The maximum atomic E-state index is 12.3. The first-order valence-electron chi connectivity index (χ1n) is 8.40. The van der Waals surface area contributed by atoms with Gasteiger partial charge in [0.25, 0.3) is 5.91 Å². The fourth-order valence-corrected chi connectivity index (χ4v) is 2.95. The van der Waals surface area contributed by atoms with Gasteiger partial charge >= 0.3 is 0 Å². The Balaban J connectivity index is 1.42. The van der Waals surface area contributed by atoms with Crippen LogP contribution in [0.1, 0.15) is 16.1 Å². The van der Waals surface area contributed by atoms with Gasteiger partial charge in [-0.25, -0.2) is 4.98 Å². The highest BCUT2D eigenvalue weighted by molar-refractivity contribution is 9.10. The molecule has 0 fully saturated rings. The molecule has 0 atom stereocenters. The van der Waals surface area contributed by atoms with Gasteiger partial charge in [0.05, 0.1) is 5.69 Å². The summed E-state index contributed by atoms with van der Waals surface area (Å²) in [4.78, 5) is 16.8. The van der Waals surface area contributed by atoms with Crippen molar-refractivity contribution in [2.24, 2.45) is 0 Å². The number of amides is 1. The van der Waals surface area contributed by atoms with Gasteiger partial charge in [-0.15, -0.1) is 0 Å². The zero-order valence-corrected chi connectivity index (χ0v) is 15.9. The van der Waals surface area contributed by atoms with Crippen LogP contribution in [0, 0.1) is 0 Å². The smallest absolute Gasteiger partial charge is 0.255 e. The molecule has 4 aromatic rings. The second-order valence-electron chi connectivity index (χ2n) is 5.98. The zero-order chi connectivity index (χ0) is 18.6. The standard InChI is InChI=1S/C21H16BrN3O2/c22-16-9-7-15(8-10-16)21(26)24-17-4-3-5-19(12-17)27-14-18-13-25-11-2-1-6-20(25)23-18/h1-13H,14H2,(H,24,26). The molecule has 0 saturated heterocycles.